The van der Waals surface area contributed by atoms with Gasteiger partial charge < -0.3 is 10.8 Å². The van der Waals surface area contributed by atoms with E-state index in [1.165, 1.54) is 6.08 Å². The molecule has 1 aliphatic carbocycles. The highest BCUT2D eigenvalue weighted by Gasteiger charge is 2.32. The van der Waals surface area contributed by atoms with E-state index in [1.54, 1.807) is 6.08 Å². The first kappa shape index (κ1) is 8.01. The molecule has 1 rings (SSSR count). The molecular formula is C8H11NO2. The molecule has 0 aromatic heterocycles. The summed E-state index contributed by atoms with van der Waals surface area (Å²) in [6, 6.07) is 0. The molecule has 0 fully saturated rings. The lowest BCUT2D eigenvalue weighted by atomic mass is 9.88. The van der Waals surface area contributed by atoms with Crippen molar-refractivity contribution in [3.05, 3.63) is 23.8 Å². The van der Waals surface area contributed by atoms with E-state index >= 15 is 0 Å². The predicted octanol–water partition coefficient (Wildman–Crippen LogP) is 0.675. The Morgan fingerprint density at radius 1 is 1.82 bits per heavy atom. The van der Waals surface area contributed by atoms with Gasteiger partial charge in [0.05, 0.1) is 0 Å². The number of allylic oxidation sites excluding steroid dienone is 2. The minimum atomic E-state index is -1.18. The van der Waals surface area contributed by atoms with E-state index in [9.17, 15) is 4.79 Å². The first-order chi connectivity index (χ1) is 5.04. The van der Waals surface area contributed by atoms with Gasteiger partial charge in [-0.2, -0.15) is 0 Å². The van der Waals surface area contributed by atoms with Gasteiger partial charge in [0.15, 0.2) is 0 Å². The first-order valence-electron chi connectivity index (χ1n) is 3.42. The van der Waals surface area contributed by atoms with Crippen molar-refractivity contribution in [1.82, 2.24) is 0 Å². The van der Waals surface area contributed by atoms with Crippen molar-refractivity contribution in [3.63, 3.8) is 0 Å². The molecule has 0 heterocycles. The highest BCUT2D eigenvalue weighted by molar-refractivity contribution is 5.82. The van der Waals surface area contributed by atoms with E-state index in [0.29, 0.717) is 6.42 Å². The van der Waals surface area contributed by atoms with Gasteiger partial charge in [-0.3, -0.25) is 0 Å². The number of hydrogen-bond donors (Lipinski definition) is 2. The van der Waals surface area contributed by atoms with Crippen LogP contribution < -0.4 is 5.73 Å². The van der Waals surface area contributed by atoms with Gasteiger partial charge in [-0.15, -0.1) is 0 Å². The third-order valence-electron chi connectivity index (χ3n) is 1.74. The van der Waals surface area contributed by atoms with Crippen molar-refractivity contribution in [1.29, 1.82) is 0 Å². The molecule has 0 radical (unpaired) electrons. The Kier molecular flexibility index (Phi) is 1.83. The second-order valence-electron chi connectivity index (χ2n) is 2.89. The topological polar surface area (TPSA) is 63.3 Å². The van der Waals surface area contributed by atoms with E-state index in [0.717, 1.165) is 5.57 Å². The molecule has 60 valence electrons. The van der Waals surface area contributed by atoms with Gasteiger partial charge in [0.1, 0.15) is 5.54 Å². The fourth-order valence-corrected chi connectivity index (χ4v) is 1.11. The van der Waals surface area contributed by atoms with Crippen LogP contribution in [-0.2, 0) is 4.79 Å². The number of hydrogen-bond acceptors (Lipinski definition) is 2. The molecule has 0 aliphatic heterocycles. The zero-order chi connectivity index (χ0) is 8.48. The van der Waals surface area contributed by atoms with Gasteiger partial charge in [0, 0.05) is 6.42 Å². The zero-order valence-electron chi connectivity index (χ0n) is 6.37. The van der Waals surface area contributed by atoms with Crippen molar-refractivity contribution < 1.29 is 9.90 Å². The van der Waals surface area contributed by atoms with Gasteiger partial charge in [-0.25, -0.2) is 4.79 Å². The van der Waals surface area contributed by atoms with Crippen LogP contribution in [0.25, 0.3) is 0 Å². The summed E-state index contributed by atoms with van der Waals surface area (Å²) in [6.07, 6.45) is 5.47. The molecule has 0 spiro atoms. The molecule has 0 saturated carbocycles. The molecule has 0 bridgehead atoms. The van der Waals surface area contributed by atoms with Crippen LogP contribution in [0.3, 0.4) is 0 Å². The van der Waals surface area contributed by atoms with E-state index in [1.807, 2.05) is 13.0 Å². The Hall–Kier alpha value is -1.09. The molecule has 0 amide bonds. The standard InChI is InChI=1S/C8H11NO2/c1-6-3-2-4-8(9,5-6)7(10)11/h2-4H,5,9H2,1H3,(H,10,11). The average molecular weight is 153 g/mol. The lowest BCUT2D eigenvalue weighted by Crippen LogP contribution is -2.46. The summed E-state index contributed by atoms with van der Waals surface area (Å²) in [6.45, 7) is 1.87. The first-order valence-corrected chi connectivity index (χ1v) is 3.42. The summed E-state index contributed by atoms with van der Waals surface area (Å²) < 4.78 is 0. The van der Waals surface area contributed by atoms with E-state index in [-0.39, 0.29) is 0 Å². The maximum Gasteiger partial charge on any atom is 0.328 e. The summed E-state index contributed by atoms with van der Waals surface area (Å²) in [5, 5.41) is 8.71. The van der Waals surface area contributed by atoms with Gasteiger partial charge in [-0.05, 0) is 6.92 Å². The normalized spacial score (nSPS) is 29.8. The smallest absolute Gasteiger partial charge is 0.328 e. The number of rotatable bonds is 1. The maximum atomic E-state index is 10.6. The monoisotopic (exact) mass is 153 g/mol. The van der Waals surface area contributed by atoms with Gasteiger partial charge in [0.25, 0.3) is 0 Å². The molecule has 1 unspecified atom stereocenters. The molecule has 0 aromatic rings. The van der Waals surface area contributed by atoms with Crippen LogP contribution >= 0.6 is 0 Å². The van der Waals surface area contributed by atoms with Crippen molar-refractivity contribution in [2.24, 2.45) is 5.73 Å². The van der Waals surface area contributed by atoms with Gasteiger partial charge in [0.2, 0.25) is 0 Å². The summed E-state index contributed by atoms with van der Waals surface area (Å²) in [7, 11) is 0. The minimum absolute atomic E-state index is 0.402. The molecule has 1 aliphatic rings. The molecular weight excluding hydrogens is 142 g/mol. The number of carboxylic acids is 1. The Morgan fingerprint density at radius 3 is 2.82 bits per heavy atom. The van der Waals surface area contributed by atoms with Gasteiger partial charge in [-0.1, -0.05) is 23.8 Å². The van der Waals surface area contributed by atoms with Crippen molar-refractivity contribution in [2.45, 2.75) is 18.9 Å². The lowest BCUT2D eigenvalue weighted by molar-refractivity contribution is -0.141. The van der Waals surface area contributed by atoms with E-state index < -0.39 is 11.5 Å². The highest BCUT2D eigenvalue weighted by atomic mass is 16.4. The Labute approximate surface area is 65.2 Å². The zero-order valence-corrected chi connectivity index (χ0v) is 6.37. The summed E-state index contributed by atoms with van der Waals surface area (Å²) >= 11 is 0. The summed E-state index contributed by atoms with van der Waals surface area (Å²) in [4.78, 5) is 10.6. The number of carbonyl (C=O) groups is 1. The van der Waals surface area contributed by atoms with Crippen LogP contribution in [0.15, 0.2) is 23.8 Å². The minimum Gasteiger partial charge on any atom is -0.480 e. The van der Waals surface area contributed by atoms with Crippen LogP contribution in [0.2, 0.25) is 0 Å². The highest BCUT2D eigenvalue weighted by Crippen LogP contribution is 2.20. The Morgan fingerprint density at radius 2 is 2.45 bits per heavy atom. The van der Waals surface area contributed by atoms with Crippen molar-refractivity contribution >= 4 is 5.97 Å². The third-order valence-corrected chi connectivity index (χ3v) is 1.74. The van der Waals surface area contributed by atoms with Crippen LogP contribution in [0.1, 0.15) is 13.3 Å². The summed E-state index contributed by atoms with van der Waals surface area (Å²) in [5.41, 5.74) is 5.38. The molecule has 11 heavy (non-hydrogen) atoms. The second-order valence-corrected chi connectivity index (χ2v) is 2.89. The van der Waals surface area contributed by atoms with Crippen LogP contribution in [0.4, 0.5) is 0 Å². The average Bonchev–Trinajstić information content (AvgIpc) is 1.86. The molecule has 3 N–H and O–H groups in total. The van der Waals surface area contributed by atoms with Crippen molar-refractivity contribution in [3.8, 4) is 0 Å². The number of aliphatic carboxylic acids is 1. The predicted molar refractivity (Wildman–Crippen MR) is 42.1 cm³/mol. The van der Waals surface area contributed by atoms with Crippen LogP contribution in [0.5, 0.6) is 0 Å². The summed E-state index contributed by atoms with van der Waals surface area (Å²) in [5.74, 6) is -0.971. The third kappa shape index (κ3) is 1.49. The SMILES string of the molecule is CC1=CC=CC(N)(C(=O)O)C1. The van der Waals surface area contributed by atoms with Crippen LogP contribution in [-0.4, -0.2) is 16.6 Å². The molecule has 3 nitrogen and oxygen atoms in total. The van der Waals surface area contributed by atoms with E-state index in [2.05, 4.69) is 0 Å². The maximum absolute atomic E-state index is 10.6. The number of nitrogens with two attached hydrogens (primary N) is 1. The van der Waals surface area contributed by atoms with Gasteiger partial charge >= 0.3 is 5.97 Å². The lowest BCUT2D eigenvalue weighted by Gasteiger charge is -2.23. The number of carboxylic acid groups (broad SMARTS) is 1. The van der Waals surface area contributed by atoms with Crippen LogP contribution in [0, 0.1) is 0 Å². The van der Waals surface area contributed by atoms with E-state index in [4.69, 9.17) is 10.8 Å². The molecule has 3 heteroatoms. The Balaban J connectivity index is 2.86. The largest absolute Gasteiger partial charge is 0.480 e. The quantitative estimate of drug-likeness (QED) is 0.582. The molecule has 0 aromatic carbocycles. The fourth-order valence-electron chi connectivity index (χ4n) is 1.11. The molecule has 1 atom stereocenters. The molecule has 0 saturated heterocycles. The second kappa shape index (κ2) is 2.51. The fraction of sp³-hybridized carbons (Fsp3) is 0.375. The Bertz CT molecular complexity index is 242. The van der Waals surface area contributed by atoms with Crippen molar-refractivity contribution in [2.75, 3.05) is 0 Å².